The van der Waals surface area contributed by atoms with Gasteiger partial charge in [0.2, 0.25) is 0 Å². The van der Waals surface area contributed by atoms with Gasteiger partial charge < -0.3 is 0 Å². The van der Waals surface area contributed by atoms with Crippen LogP contribution in [0, 0.1) is 10.8 Å². The fourth-order valence-corrected chi connectivity index (χ4v) is 1.25. The Morgan fingerprint density at radius 2 is 1.91 bits per heavy atom. The van der Waals surface area contributed by atoms with Crippen molar-refractivity contribution in [1.82, 2.24) is 0 Å². The third-order valence-corrected chi connectivity index (χ3v) is 2.28. The van der Waals surface area contributed by atoms with Gasteiger partial charge in [-0.15, -0.1) is 0 Å². The van der Waals surface area contributed by atoms with E-state index in [1.807, 2.05) is 19.1 Å². The third kappa shape index (κ3) is 1.48. The van der Waals surface area contributed by atoms with Gasteiger partial charge in [0.1, 0.15) is 0 Å². The maximum atomic E-state index is 7.52. The van der Waals surface area contributed by atoms with Crippen LogP contribution in [0.5, 0.6) is 0 Å². The Kier molecular flexibility index (Phi) is 2.39. The molecule has 0 heterocycles. The van der Waals surface area contributed by atoms with E-state index in [0.717, 1.165) is 12.0 Å². The first-order valence-electron chi connectivity index (χ1n) is 3.41. The number of nitrogens with one attached hydrogen (secondary N) is 2. The highest BCUT2D eigenvalue weighted by atomic mass is 79.9. The molecule has 0 unspecified atom stereocenters. The summed E-state index contributed by atoms with van der Waals surface area (Å²) in [5, 5.41) is 15.0. The number of rotatable bonds is 1. The minimum absolute atomic E-state index is 0.282. The lowest BCUT2D eigenvalue weighted by atomic mass is 9.99. The summed E-state index contributed by atoms with van der Waals surface area (Å²) in [6, 6.07) is 0. The molecule has 58 valence electrons. The Morgan fingerprint density at radius 1 is 1.27 bits per heavy atom. The van der Waals surface area contributed by atoms with Crippen LogP contribution in [0.4, 0.5) is 0 Å². The summed E-state index contributed by atoms with van der Waals surface area (Å²) in [4.78, 5) is 0. The van der Waals surface area contributed by atoms with Gasteiger partial charge in [0.05, 0.1) is 11.4 Å². The van der Waals surface area contributed by atoms with Gasteiger partial charge in [-0.25, -0.2) is 0 Å². The van der Waals surface area contributed by atoms with E-state index in [-0.39, 0.29) is 5.71 Å². The average molecular weight is 213 g/mol. The lowest BCUT2D eigenvalue weighted by Gasteiger charge is -2.11. The zero-order chi connectivity index (χ0) is 8.43. The normalized spacial score (nSPS) is 18.0. The first-order valence-corrected chi connectivity index (χ1v) is 4.20. The van der Waals surface area contributed by atoms with Crippen LogP contribution in [0.3, 0.4) is 0 Å². The molecule has 0 fully saturated rings. The fraction of sp³-hybridized carbons (Fsp3) is 0.250. The van der Waals surface area contributed by atoms with Crippen LogP contribution in [0.1, 0.15) is 13.3 Å². The summed E-state index contributed by atoms with van der Waals surface area (Å²) >= 11 is 3.20. The Morgan fingerprint density at radius 3 is 2.45 bits per heavy atom. The predicted molar refractivity (Wildman–Crippen MR) is 50.8 cm³/mol. The van der Waals surface area contributed by atoms with Crippen LogP contribution in [0.15, 0.2) is 22.2 Å². The molecule has 3 heteroatoms. The Balaban J connectivity index is 3.03. The molecule has 0 aliphatic heterocycles. The first kappa shape index (κ1) is 8.40. The summed E-state index contributed by atoms with van der Waals surface area (Å²) in [5.74, 6) is 0. The van der Waals surface area contributed by atoms with E-state index in [1.54, 1.807) is 0 Å². The lowest BCUT2D eigenvalue weighted by molar-refractivity contribution is 1.16. The van der Waals surface area contributed by atoms with E-state index in [2.05, 4.69) is 15.9 Å². The summed E-state index contributed by atoms with van der Waals surface area (Å²) in [6.07, 6.45) is 4.52. The molecule has 0 aromatic carbocycles. The van der Waals surface area contributed by atoms with Crippen LogP contribution < -0.4 is 0 Å². The Bertz CT molecular complexity index is 274. The van der Waals surface area contributed by atoms with Crippen molar-refractivity contribution >= 4 is 27.4 Å². The second-order valence-electron chi connectivity index (χ2n) is 2.31. The molecule has 0 aromatic rings. The molecule has 0 saturated carbocycles. The van der Waals surface area contributed by atoms with Gasteiger partial charge >= 0.3 is 0 Å². The molecule has 0 radical (unpaired) electrons. The highest BCUT2D eigenvalue weighted by molar-refractivity contribution is 9.12. The molecule has 1 rings (SSSR count). The minimum Gasteiger partial charge on any atom is -0.298 e. The number of halogens is 1. The number of hydrogen-bond acceptors (Lipinski definition) is 2. The largest absolute Gasteiger partial charge is 0.298 e. The SMILES string of the molecule is CCC1=CC=C(Br)C(=N)C1=N. The maximum absolute atomic E-state index is 7.52. The fourth-order valence-electron chi connectivity index (χ4n) is 0.915. The molecular weight excluding hydrogens is 204 g/mol. The third-order valence-electron chi connectivity index (χ3n) is 1.62. The van der Waals surface area contributed by atoms with Gasteiger partial charge in [0, 0.05) is 4.48 Å². The van der Waals surface area contributed by atoms with Crippen molar-refractivity contribution in [3.8, 4) is 0 Å². The average Bonchev–Trinajstić information content (AvgIpc) is 2.01. The van der Waals surface area contributed by atoms with E-state index in [1.165, 1.54) is 0 Å². The quantitative estimate of drug-likeness (QED) is 0.629. The summed E-state index contributed by atoms with van der Waals surface area (Å²) in [6.45, 7) is 1.99. The summed E-state index contributed by atoms with van der Waals surface area (Å²) < 4.78 is 0.694. The molecule has 0 saturated heterocycles. The summed E-state index contributed by atoms with van der Waals surface area (Å²) in [7, 11) is 0. The smallest absolute Gasteiger partial charge is 0.0934 e. The van der Waals surface area contributed by atoms with E-state index < -0.39 is 0 Å². The monoisotopic (exact) mass is 212 g/mol. The highest BCUT2D eigenvalue weighted by Crippen LogP contribution is 2.18. The van der Waals surface area contributed by atoms with Gasteiger partial charge in [0.25, 0.3) is 0 Å². The van der Waals surface area contributed by atoms with Crippen molar-refractivity contribution in [1.29, 1.82) is 10.8 Å². The molecule has 11 heavy (non-hydrogen) atoms. The standard InChI is InChI=1S/C8H9BrN2/c1-2-5-3-4-6(9)8(11)7(5)10/h3-4,10-11H,2H2,1H3. The zero-order valence-electron chi connectivity index (χ0n) is 6.24. The zero-order valence-corrected chi connectivity index (χ0v) is 7.83. The Labute approximate surface area is 74.1 Å². The molecule has 0 bridgehead atoms. The summed E-state index contributed by atoms with van der Waals surface area (Å²) in [5.41, 5.74) is 1.55. The van der Waals surface area contributed by atoms with E-state index in [0.29, 0.717) is 10.2 Å². The molecule has 0 spiro atoms. The molecule has 0 atom stereocenters. The predicted octanol–water partition coefficient (Wildman–Crippen LogP) is 2.65. The van der Waals surface area contributed by atoms with Crippen LogP contribution in [-0.2, 0) is 0 Å². The maximum Gasteiger partial charge on any atom is 0.0934 e. The molecular formula is C8H9BrN2. The van der Waals surface area contributed by atoms with Gasteiger partial charge in [0.15, 0.2) is 0 Å². The molecule has 0 amide bonds. The van der Waals surface area contributed by atoms with Crippen molar-refractivity contribution in [2.45, 2.75) is 13.3 Å². The molecule has 2 nitrogen and oxygen atoms in total. The van der Waals surface area contributed by atoms with Crippen LogP contribution in [0.25, 0.3) is 0 Å². The van der Waals surface area contributed by atoms with Crippen molar-refractivity contribution < 1.29 is 0 Å². The second kappa shape index (κ2) is 3.13. The topological polar surface area (TPSA) is 47.7 Å². The lowest BCUT2D eigenvalue weighted by Crippen LogP contribution is -2.16. The highest BCUT2D eigenvalue weighted by Gasteiger charge is 2.14. The van der Waals surface area contributed by atoms with Gasteiger partial charge in [-0.2, -0.15) is 0 Å². The van der Waals surface area contributed by atoms with Crippen LogP contribution >= 0.6 is 15.9 Å². The molecule has 2 N–H and O–H groups in total. The molecule has 0 aromatic heterocycles. The van der Waals surface area contributed by atoms with Crippen molar-refractivity contribution in [2.75, 3.05) is 0 Å². The van der Waals surface area contributed by atoms with Gasteiger partial charge in [-0.05, 0) is 34.0 Å². The number of hydrogen-bond donors (Lipinski definition) is 2. The van der Waals surface area contributed by atoms with Gasteiger partial charge in [-0.1, -0.05) is 13.0 Å². The van der Waals surface area contributed by atoms with Crippen LogP contribution in [-0.4, -0.2) is 11.4 Å². The second-order valence-corrected chi connectivity index (χ2v) is 3.16. The van der Waals surface area contributed by atoms with Gasteiger partial charge in [-0.3, -0.25) is 10.8 Å². The van der Waals surface area contributed by atoms with E-state index >= 15 is 0 Å². The van der Waals surface area contributed by atoms with Crippen molar-refractivity contribution in [3.63, 3.8) is 0 Å². The molecule has 1 aliphatic rings. The minimum atomic E-state index is 0.282. The van der Waals surface area contributed by atoms with Crippen molar-refractivity contribution in [3.05, 3.63) is 22.2 Å². The molecule has 1 aliphatic carbocycles. The van der Waals surface area contributed by atoms with Crippen molar-refractivity contribution in [2.24, 2.45) is 0 Å². The van der Waals surface area contributed by atoms with E-state index in [4.69, 9.17) is 10.8 Å². The number of allylic oxidation sites excluding steroid dienone is 4. The van der Waals surface area contributed by atoms with Crippen LogP contribution in [0.2, 0.25) is 0 Å². The Hall–Kier alpha value is -0.700. The first-order chi connectivity index (χ1) is 5.16. The van der Waals surface area contributed by atoms with E-state index in [9.17, 15) is 0 Å².